The Balaban J connectivity index is 1.48. The summed E-state index contributed by atoms with van der Waals surface area (Å²) in [5.74, 6) is 0.954. The van der Waals surface area contributed by atoms with E-state index in [-0.39, 0.29) is 6.04 Å². The number of hydrogen-bond acceptors (Lipinski definition) is 7. The molecule has 2 aliphatic rings. The van der Waals surface area contributed by atoms with Crippen molar-refractivity contribution in [1.82, 2.24) is 24.6 Å². The number of hydrogen-bond donors (Lipinski definition) is 0. The van der Waals surface area contributed by atoms with Crippen LogP contribution in [0.2, 0.25) is 0 Å². The Morgan fingerprint density at radius 3 is 3.04 bits per heavy atom. The number of ether oxygens (including phenoxy) is 1. The van der Waals surface area contributed by atoms with Gasteiger partial charge in [0.25, 0.3) is 0 Å². The molecule has 0 radical (unpaired) electrons. The minimum atomic E-state index is 0.141. The van der Waals surface area contributed by atoms with E-state index in [2.05, 4.69) is 32.3 Å². The maximum atomic E-state index is 5.66. The number of anilines is 1. The smallest absolute Gasteiger partial charge is 0.185 e. The zero-order valence-electron chi connectivity index (χ0n) is 13.6. The van der Waals surface area contributed by atoms with E-state index in [4.69, 9.17) is 9.72 Å². The first-order valence-electron chi connectivity index (χ1n) is 8.05. The third kappa shape index (κ3) is 3.11. The second kappa shape index (κ2) is 6.18. The fourth-order valence-corrected chi connectivity index (χ4v) is 3.88. The molecule has 1 atom stereocenters. The Hall–Kier alpha value is -1.51. The van der Waals surface area contributed by atoms with Crippen LogP contribution in [0.5, 0.6) is 0 Å². The molecule has 0 spiro atoms. The molecule has 4 rings (SSSR count). The van der Waals surface area contributed by atoms with Gasteiger partial charge in [0, 0.05) is 38.6 Å². The summed E-state index contributed by atoms with van der Waals surface area (Å²) in [5, 5.41) is 7.50. The number of aromatic nitrogens is 4. The van der Waals surface area contributed by atoms with Crippen LogP contribution in [-0.2, 0) is 18.3 Å². The molecule has 8 heteroatoms. The van der Waals surface area contributed by atoms with E-state index in [9.17, 15) is 0 Å². The third-order valence-corrected chi connectivity index (χ3v) is 5.56. The molecule has 2 aromatic heterocycles. The summed E-state index contributed by atoms with van der Waals surface area (Å²) in [6.07, 6.45) is 4.19. The number of morpholine rings is 1. The average Bonchev–Trinajstić information content (AvgIpc) is 3.17. The van der Waals surface area contributed by atoms with Gasteiger partial charge in [-0.3, -0.25) is 9.58 Å². The quantitative estimate of drug-likeness (QED) is 0.825. The van der Waals surface area contributed by atoms with Gasteiger partial charge < -0.3 is 9.64 Å². The molecule has 3 heterocycles. The monoisotopic (exact) mass is 334 g/mol. The van der Waals surface area contributed by atoms with Crippen LogP contribution < -0.4 is 4.90 Å². The van der Waals surface area contributed by atoms with Gasteiger partial charge in [0.2, 0.25) is 0 Å². The number of rotatable bonds is 5. The summed E-state index contributed by atoms with van der Waals surface area (Å²) < 4.78 is 7.50. The molecular formula is C15H22N6OS. The van der Waals surface area contributed by atoms with Crippen LogP contribution in [0.3, 0.4) is 0 Å². The van der Waals surface area contributed by atoms with Crippen LogP contribution in [0.4, 0.5) is 5.13 Å². The van der Waals surface area contributed by atoms with Crippen LogP contribution >= 0.6 is 11.3 Å². The van der Waals surface area contributed by atoms with E-state index in [0.29, 0.717) is 12.6 Å². The maximum absolute atomic E-state index is 5.66. The number of thiazole rings is 1. The first-order chi connectivity index (χ1) is 11.2. The molecular weight excluding hydrogens is 312 g/mol. The van der Waals surface area contributed by atoms with Crippen molar-refractivity contribution in [2.24, 2.45) is 7.05 Å². The topological polar surface area (TPSA) is 59.3 Å². The minimum absolute atomic E-state index is 0.141. The predicted molar refractivity (Wildman–Crippen MR) is 88.5 cm³/mol. The second-order valence-corrected chi connectivity index (χ2v) is 7.10. The second-order valence-electron chi connectivity index (χ2n) is 6.27. The third-order valence-electron chi connectivity index (χ3n) is 4.58. The van der Waals surface area contributed by atoms with E-state index in [0.717, 1.165) is 36.3 Å². The van der Waals surface area contributed by atoms with Crippen molar-refractivity contribution in [2.45, 2.75) is 31.5 Å². The van der Waals surface area contributed by atoms with Crippen molar-refractivity contribution in [3.8, 4) is 0 Å². The van der Waals surface area contributed by atoms with Crippen molar-refractivity contribution >= 4 is 16.5 Å². The van der Waals surface area contributed by atoms with Gasteiger partial charge in [0.15, 0.2) is 5.13 Å². The summed E-state index contributed by atoms with van der Waals surface area (Å²) in [6, 6.07) is 0.839. The lowest BCUT2D eigenvalue weighted by atomic mass is 10.2. The molecule has 1 aliphatic carbocycles. The van der Waals surface area contributed by atoms with E-state index >= 15 is 0 Å². The van der Waals surface area contributed by atoms with Crippen LogP contribution in [0.25, 0.3) is 0 Å². The Kier molecular flexibility index (Phi) is 4.04. The van der Waals surface area contributed by atoms with Gasteiger partial charge in [-0.25, -0.2) is 9.97 Å². The Morgan fingerprint density at radius 1 is 1.43 bits per heavy atom. The lowest BCUT2D eigenvalue weighted by Crippen LogP contribution is -2.40. The first-order valence-corrected chi connectivity index (χ1v) is 8.93. The molecule has 1 unspecified atom stereocenters. The molecule has 1 aliphatic heterocycles. The Labute approximate surface area is 139 Å². The molecule has 2 fully saturated rings. The Bertz CT molecular complexity index is 666. The lowest BCUT2D eigenvalue weighted by molar-refractivity contribution is -0.0176. The molecule has 0 amide bonds. The fraction of sp³-hybridized carbons (Fsp3) is 0.667. The van der Waals surface area contributed by atoms with Crippen LogP contribution in [0.1, 0.15) is 30.4 Å². The number of nitrogens with zero attached hydrogens (tertiary/aromatic N) is 6. The van der Waals surface area contributed by atoms with Crippen LogP contribution in [0, 0.1) is 0 Å². The van der Waals surface area contributed by atoms with E-state index in [1.807, 2.05) is 11.7 Å². The standard InChI is InChI=1S/C15H22N6OS/c1-19(12-3-4-12)15-18-11(9-23-15)7-21-5-6-22-8-13(21)14-16-10-17-20(14)2/h9-10,12-13H,3-8H2,1-2H3. The molecule has 124 valence electrons. The summed E-state index contributed by atoms with van der Waals surface area (Å²) in [7, 11) is 4.08. The predicted octanol–water partition coefficient (Wildman–Crippen LogP) is 1.44. The van der Waals surface area contributed by atoms with Crippen molar-refractivity contribution in [3.05, 3.63) is 23.2 Å². The summed E-state index contributed by atoms with van der Waals surface area (Å²) in [4.78, 5) is 13.9. The highest BCUT2D eigenvalue weighted by atomic mass is 32.1. The zero-order chi connectivity index (χ0) is 15.8. The maximum Gasteiger partial charge on any atom is 0.185 e. The largest absolute Gasteiger partial charge is 0.378 e. The molecule has 7 nitrogen and oxygen atoms in total. The molecule has 2 aromatic rings. The van der Waals surface area contributed by atoms with E-state index < -0.39 is 0 Å². The number of aryl methyl sites for hydroxylation is 1. The van der Waals surface area contributed by atoms with Gasteiger partial charge in [0.1, 0.15) is 12.2 Å². The molecule has 23 heavy (non-hydrogen) atoms. The summed E-state index contributed by atoms with van der Waals surface area (Å²) in [6.45, 7) is 3.14. The van der Waals surface area contributed by atoms with Gasteiger partial charge in [-0.2, -0.15) is 5.10 Å². The van der Waals surface area contributed by atoms with Gasteiger partial charge in [-0.1, -0.05) is 0 Å². The summed E-state index contributed by atoms with van der Waals surface area (Å²) in [5.41, 5.74) is 1.13. The summed E-state index contributed by atoms with van der Waals surface area (Å²) >= 11 is 1.74. The van der Waals surface area contributed by atoms with Crippen LogP contribution in [-0.4, -0.2) is 57.5 Å². The molecule has 0 aromatic carbocycles. The van der Waals surface area contributed by atoms with E-state index in [1.165, 1.54) is 12.8 Å². The SMILES string of the molecule is CN(c1nc(CN2CCOCC2c2ncnn2C)cs1)C1CC1. The van der Waals surface area contributed by atoms with Crippen LogP contribution in [0.15, 0.2) is 11.7 Å². The van der Waals surface area contributed by atoms with Crippen molar-refractivity contribution in [3.63, 3.8) is 0 Å². The normalized spacial score (nSPS) is 22.4. The van der Waals surface area contributed by atoms with Crippen molar-refractivity contribution in [2.75, 3.05) is 31.7 Å². The zero-order valence-corrected chi connectivity index (χ0v) is 14.4. The highest BCUT2D eigenvalue weighted by molar-refractivity contribution is 7.13. The minimum Gasteiger partial charge on any atom is -0.378 e. The van der Waals surface area contributed by atoms with E-state index in [1.54, 1.807) is 17.7 Å². The Morgan fingerprint density at radius 2 is 2.30 bits per heavy atom. The highest BCUT2D eigenvalue weighted by Gasteiger charge is 2.30. The van der Waals surface area contributed by atoms with Gasteiger partial charge in [0.05, 0.1) is 24.9 Å². The average molecular weight is 334 g/mol. The molecule has 0 bridgehead atoms. The molecule has 0 N–H and O–H groups in total. The molecule has 1 saturated carbocycles. The van der Waals surface area contributed by atoms with Gasteiger partial charge in [-0.15, -0.1) is 11.3 Å². The van der Waals surface area contributed by atoms with Crippen molar-refractivity contribution < 1.29 is 4.74 Å². The first kappa shape index (κ1) is 15.0. The highest BCUT2D eigenvalue weighted by Crippen LogP contribution is 2.32. The molecule has 1 saturated heterocycles. The van der Waals surface area contributed by atoms with Crippen molar-refractivity contribution in [1.29, 1.82) is 0 Å². The van der Waals surface area contributed by atoms with Gasteiger partial charge >= 0.3 is 0 Å². The fourth-order valence-electron chi connectivity index (χ4n) is 3.03. The van der Waals surface area contributed by atoms with Gasteiger partial charge in [-0.05, 0) is 12.8 Å². The lowest BCUT2D eigenvalue weighted by Gasteiger charge is -2.34.